The zero-order chi connectivity index (χ0) is 16.4. The summed E-state index contributed by atoms with van der Waals surface area (Å²) in [4.78, 5) is 4.86. The molecule has 2 rings (SSSR count). The van der Waals surface area contributed by atoms with Crippen LogP contribution in [0, 0.1) is 5.41 Å². The number of ether oxygens (including phenoxy) is 1. The van der Waals surface area contributed by atoms with Crippen LogP contribution in [-0.4, -0.2) is 39.3 Å². The van der Waals surface area contributed by atoms with E-state index in [4.69, 9.17) is 9.73 Å². The summed E-state index contributed by atoms with van der Waals surface area (Å²) in [7, 11) is 1.79. The molecule has 1 fully saturated rings. The van der Waals surface area contributed by atoms with Crippen molar-refractivity contribution in [1.82, 2.24) is 10.6 Å². The van der Waals surface area contributed by atoms with Crippen molar-refractivity contribution in [2.45, 2.75) is 64.7 Å². The Kier molecular flexibility index (Phi) is 11.0. The molecule has 2 N–H and O–H groups in total. The third kappa shape index (κ3) is 7.30. The van der Waals surface area contributed by atoms with Gasteiger partial charge in [0.05, 0.1) is 0 Å². The smallest absolute Gasteiger partial charge is 0.191 e. The van der Waals surface area contributed by atoms with Gasteiger partial charge in [-0.25, -0.2) is 0 Å². The average molecular weight is 449 g/mol. The monoisotopic (exact) mass is 449 g/mol. The fraction of sp³-hybridized carbons (Fsp3) is 0.842. The highest BCUT2D eigenvalue weighted by atomic mass is 127. The molecular weight excluding hydrogens is 413 g/mol. The largest absolute Gasteiger partial charge is 0.385 e. The second-order valence-electron chi connectivity index (χ2n) is 7.08. The Morgan fingerprint density at radius 3 is 2.67 bits per heavy atom. The summed E-state index contributed by atoms with van der Waals surface area (Å²) >= 11 is 0. The van der Waals surface area contributed by atoms with E-state index in [1.165, 1.54) is 44.9 Å². The summed E-state index contributed by atoms with van der Waals surface area (Å²) in [5.41, 5.74) is 2.01. The maximum atomic E-state index is 5.27. The van der Waals surface area contributed by atoms with Gasteiger partial charge in [-0.1, -0.05) is 18.1 Å². The lowest BCUT2D eigenvalue weighted by molar-refractivity contribution is 0.0778. The van der Waals surface area contributed by atoms with Crippen molar-refractivity contribution in [3.8, 4) is 0 Å². The first kappa shape index (κ1) is 21.7. The van der Waals surface area contributed by atoms with Crippen LogP contribution in [0.3, 0.4) is 0 Å². The predicted molar refractivity (Wildman–Crippen MR) is 113 cm³/mol. The maximum absolute atomic E-state index is 5.27. The van der Waals surface area contributed by atoms with Crippen LogP contribution in [0.25, 0.3) is 0 Å². The van der Waals surface area contributed by atoms with Crippen LogP contribution in [0.5, 0.6) is 0 Å². The van der Waals surface area contributed by atoms with Gasteiger partial charge in [0, 0.05) is 33.4 Å². The SMILES string of the molecule is CCNC(=NCC1(CCOC)CCC1)NCCC1=CCCCC1.I. The number of hydrogen-bond acceptors (Lipinski definition) is 2. The Morgan fingerprint density at radius 1 is 1.25 bits per heavy atom. The van der Waals surface area contributed by atoms with Crippen molar-refractivity contribution < 1.29 is 4.74 Å². The highest BCUT2D eigenvalue weighted by Crippen LogP contribution is 2.44. The first-order valence-corrected chi connectivity index (χ1v) is 9.47. The fourth-order valence-corrected chi connectivity index (χ4v) is 3.54. The Labute approximate surface area is 165 Å². The molecule has 0 aromatic rings. The van der Waals surface area contributed by atoms with Gasteiger partial charge in [-0.2, -0.15) is 0 Å². The first-order chi connectivity index (χ1) is 11.3. The van der Waals surface area contributed by atoms with Crippen LogP contribution in [0.1, 0.15) is 64.7 Å². The van der Waals surface area contributed by atoms with E-state index in [9.17, 15) is 0 Å². The minimum atomic E-state index is 0. The minimum absolute atomic E-state index is 0. The minimum Gasteiger partial charge on any atom is -0.385 e. The van der Waals surface area contributed by atoms with Gasteiger partial charge in [-0.3, -0.25) is 4.99 Å². The lowest BCUT2D eigenvalue weighted by Crippen LogP contribution is -2.40. The van der Waals surface area contributed by atoms with Crippen LogP contribution >= 0.6 is 24.0 Å². The van der Waals surface area contributed by atoms with E-state index in [0.717, 1.165) is 45.0 Å². The standard InChI is InChI=1S/C19H35N3O.HI/c1-3-20-18(21-14-10-17-8-5-4-6-9-17)22-16-19(11-7-12-19)13-15-23-2;/h8H,3-7,9-16H2,1-2H3,(H2,20,21,22);1H. The van der Waals surface area contributed by atoms with E-state index >= 15 is 0 Å². The number of halogens is 1. The van der Waals surface area contributed by atoms with Gasteiger partial charge in [0.15, 0.2) is 5.96 Å². The van der Waals surface area contributed by atoms with Crippen molar-refractivity contribution in [3.05, 3.63) is 11.6 Å². The number of rotatable bonds is 9. The average Bonchev–Trinajstić information content (AvgIpc) is 2.54. The van der Waals surface area contributed by atoms with E-state index in [1.54, 1.807) is 12.7 Å². The predicted octanol–water partition coefficient (Wildman–Crippen LogP) is 4.26. The fourth-order valence-electron chi connectivity index (χ4n) is 3.54. The van der Waals surface area contributed by atoms with Crippen molar-refractivity contribution in [2.75, 3.05) is 33.4 Å². The van der Waals surface area contributed by atoms with Gasteiger partial charge in [0.2, 0.25) is 0 Å². The molecule has 0 spiro atoms. The molecule has 24 heavy (non-hydrogen) atoms. The van der Waals surface area contributed by atoms with Gasteiger partial charge in [0.1, 0.15) is 0 Å². The Balaban J connectivity index is 0.00000288. The van der Waals surface area contributed by atoms with E-state index in [-0.39, 0.29) is 24.0 Å². The zero-order valence-electron chi connectivity index (χ0n) is 15.5. The van der Waals surface area contributed by atoms with Gasteiger partial charge >= 0.3 is 0 Å². The van der Waals surface area contributed by atoms with Crippen molar-refractivity contribution in [1.29, 1.82) is 0 Å². The maximum Gasteiger partial charge on any atom is 0.191 e. The Bertz CT molecular complexity index is 405. The molecule has 0 unspecified atom stereocenters. The summed E-state index contributed by atoms with van der Waals surface area (Å²) < 4.78 is 5.27. The third-order valence-corrected chi connectivity index (χ3v) is 5.29. The summed E-state index contributed by atoms with van der Waals surface area (Å²) in [6.45, 7) is 5.81. The summed E-state index contributed by atoms with van der Waals surface area (Å²) in [6.07, 6.45) is 13.9. The lowest BCUT2D eigenvalue weighted by Gasteiger charge is -2.40. The van der Waals surface area contributed by atoms with Gasteiger partial charge in [0.25, 0.3) is 0 Å². The summed E-state index contributed by atoms with van der Waals surface area (Å²) in [5, 5.41) is 6.90. The highest BCUT2D eigenvalue weighted by molar-refractivity contribution is 14.0. The van der Waals surface area contributed by atoms with Crippen LogP contribution in [-0.2, 0) is 4.74 Å². The second kappa shape index (κ2) is 12.1. The number of nitrogens with one attached hydrogen (secondary N) is 2. The molecule has 140 valence electrons. The van der Waals surface area contributed by atoms with Crippen molar-refractivity contribution in [3.63, 3.8) is 0 Å². The molecule has 0 amide bonds. The normalized spacial score (nSPS) is 19.8. The topological polar surface area (TPSA) is 45.7 Å². The second-order valence-corrected chi connectivity index (χ2v) is 7.08. The van der Waals surface area contributed by atoms with Crippen LogP contribution in [0.4, 0.5) is 0 Å². The van der Waals surface area contributed by atoms with Crippen LogP contribution in [0.2, 0.25) is 0 Å². The lowest BCUT2D eigenvalue weighted by atomic mass is 9.67. The Morgan fingerprint density at radius 2 is 2.08 bits per heavy atom. The number of hydrogen-bond donors (Lipinski definition) is 2. The van der Waals surface area contributed by atoms with E-state index < -0.39 is 0 Å². The van der Waals surface area contributed by atoms with Crippen LogP contribution < -0.4 is 10.6 Å². The molecule has 5 heteroatoms. The summed E-state index contributed by atoms with van der Waals surface area (Å²) in [6, 6.07) is 0. The molecule has 0 aromatic carbocycles. The number of guanidine groups is 1. The summed E-state index contributed by atoms with van der Waals surface area (Å²) in [5.74, 6) is 0.979. The third-order valence-electron chi connectivity index (χ3n) is 5.29. The van der Waals surface area contributed by atoms with Crippen molar-refractivity contribution in [2.24, 2.45) is 10.4 Å². The molecule has 0 aliphatic heterocycles. The number of aliphatic imine (C=N–C) groups is 1. The Hall–Kier alpha value is -0.300. The number of nitrogens with zero attached hydrogens (tertiary/aromatic N) is 1. The number of allylic oxidation sites excluding steroid dienone is 1. The van der Waals surface area contributed by atoms with Crippen molar-refractivity contribution >= 4 is 29.9 Å². The van der Waals surface area contributed by atoms with E-state index in [2.05, 4.69) is 23.6 Å². The molecule has 0 saturated heterocycles. The molecule has 0 aromatic heterocycles. The van der Waals surface area contributed by atoms with E-state index in [0.29, 0.717) is 5.41 Å². The molecule has 4 nitrogen and oxygen atoms in total. The quantitative estimate of drug-likeness (QED) is 0.239. The molecule has 1 saturated carbocycles. The van der Waals surface area contributed by atoms with E-state index in [1.807, 2.05) is 0 Å². The molecule has 0 atom stereocenters. The molecule has 0 radical (unpaired) electrons. The highest BCUT2D eigenvalue weighted by Gasteiger charge is 2.36. The number of methoxy groups -OCH3 is 1. The molecule has 2 aliphatic rings. The molecule has 0 bridgehead atoms. The van der Waals surface area contributed by atoms with Gasteiger partial charge in [-0.15, -0.1) is 24.0 Å². The zero-order valence-corrected chi connectivity index (χ0v) is 17.9. The van der Waals surface area contributed by atoms with Crippen LogP contribution in [0.15, 0.2) is 16.6 Å². The van der Waals surface area contributed by atoms with Gasteiger partial charge < -0.3 is 15.4 Å². The first-order valence-electron chi connectivity index (χ1n) is 9.47. The molecule has 0 heterocycles. The van der Waals surface area contributed by atoms with Gasteiger partial charge in [-0.05, 0) is 63.7 Å². The molecular formula is C19H36IN3O. The molecule has 2 aliphatic carbocycles.